The van der Waals surface area contributed by atoms with Crippen LogP contribution in [0.4, 0.5) is 16.2 Å². The number of nitrogens with two attached hydrogens (primary N) is 1. The molecule has 0 saturated carbocycles. The molecule has 0 fully saturated rings. The fourth-order valence-corrected chi connectivity index (χ4v) is 2.94. The first-order chi connectivity index (χ1) is 13.0. The minimum absolute atomic E-state index is 0.0283. The van der Waals surface area contributed by atoms with Gasteiger partial charge in [-0.1, -0.05) is 23.7 Å². The fraction of sp³-hybridized carbons (Fsp3) is 0.158. The Morgan fingerprint density at radius 3 is 2.59 bits per heavy atom. The Balaban J connectivity index is 2.12. The van der Waals surface area contributed by atoms with Crippen molar-refractivity contribution in [1.82, 2.24) is 9.97 Å². The van der Waals surface area contributed by atoms with E-state index < -0.39 is 6.04 Å². The second-order valence-electron chi connectivity index (χ2n) is 5.67. The first kappa shape index (κ1) is 18.7. The Labute approximate surface area is 161 Å². The van der Waals surface area contributed by atoms with Crippen molar-refractivity contribution in [2.75, 3.05) is 25.3 Å². The number of hydrogen-bond donors (Lipinski definition) is 2. The average Bonchev–Trinajstić information content (AvgIpc) is 2.65. The summed E-state index contributed by atoms with van der Waals surface area (Å²) in [5.41, 5.74) is 7.08. The highest BCUT2D eigenvalue weighted by atomic mass is 35.5. The molecule has 0 aliphatic carbocycles. The molecule has 8 heteroatoms. The van der Waals surface area contributed by atoms with E-state index in [1.807, 2.05) is 24.3 Å². The molecule has 0 saturated heterocycles. The van der Waals surface area contributed by atoms with Crippen molar-refractivity contribution in [3.05, 3.63) is 70.6 Å². The lowest BCUT2D eigenvalue weighted by molar-refractivity contribution is 0.406. The Morgan fingerprint density at radius 1 is 1.07 bits per heavy atom. The summed E-state index contributed by atoms with van der Waals surface area (Å²) >= 11 is 5.98. The predicted octanol–water partition coefficient (Wildman–Crippen LogP) is 4.07. The Morgan fingerprint density at radius 2 is 1.89 bits per heavy atom. The summed E-state index contributed by atoms with van der Waals surface area (Å²) in [7, 11) is 3.11. The second kappa shape index (κ2) is 8.09. The van der Waals surface area contributed by atoms with Gasteiger partial charge >= 0.3 is 0 Å². The van der Waals surface area contributed by atoms with Gasteiger partial charge in [-0.05, 0) is 35.9 Å². The number of nitrogens with zero attached hydrogens (tertiary/aromatic N) is 2. The standard InChI is InChI=1S/C19H18ClFN4O2/c1-26-13-5-3-4-11(8-13)18(14-9-12(21)6-7-15(14)27-2)24-17-10-16(20)23-19(22)25-17/h3-10,18H,1-2H3,(H3,22,23,24,25). The summed E-state index contributed by atoms with van der Waals surface area (Å²) in [5, 5.41) is 3.42. The molecule has 0 aliphatic heterocycles. The van der Waals surface area contributed by atoms with E-state index in [9.17, 15) is 4.39 Å². The molecule has 0 bridgehead atoms. The summed E-state index contributed by atoms with van der Waals surface area (Å²) in [6.45, 7) is 0. The van der Waals surface area contributed by atoms with Crippen LogP contribution >= 0.6 is 11.6 Å². The van der Waals surface area contributed by atoms with Gasteiger partial charge in [0.05, 0.1) is 20.3 Å². The van der Waals surface area contributed by atoms with E-state index in [0.29, 0.717) is 22.9 Å². The van der Waals surface area contributed by atoms with Crippen LogP contribution in [0.2, 0.25) is 5.15 Å². The maximum atomic E-state index is 14.0. The molecule has 27 heavy (non-hydrogen) atoms. The zero-order valence-electron chi connectivity index (χ0n) is 14.7. The molecule has 0 aliphatic rings. The van der Waals surface area contributed by atoms with Gasteiger partial charge in [0.25, 0.3) is 0 Å². The van der Waals surface area contributed by atoms with Crippen molar-refractivity contribution in [1.29, 1.82) is 0 Å². The molecule has 2 aromatic carbocycles. The van der Waals surface area contributed by atoms with Crippen LogP contribution in [0.15, 0.2) is 48.5 Å². The molecule has 1 aromatic heterocycles. The monoisotopic (exact) mass is 388 g/mol. The number of aromatic nitrogens is 2. The number of benzene rings is 2. The van der Waals surface area contributed by atoms with Gasteiger partial charge in [-0.3, -0.25) is 0 Å². The van der Waals surface area contributed by atoms with Gasteiger partial charge in [0.15, 0.2) is 0 Å². The van der Waals surface area contributed by atoms with Crippen molar-refractivity contribution < 1.29 is 13.9 Å². The number of anilines is 2. The van der Waals surface area contributed by atoms with E-state index in [0.717, 1.165) is 5.56 Å². The van der Waals surface area contributed by atoms with Gasteiger partial charge in [-0.15, -0.1) is 0 Å². The molecule has 0 spiro atoms. The van der Waals surface area contributed by atoms with Crippen LogP contribution in [0.1, 0.15) is 17.2 Å². The van der Waals surface area contributed by atoms with Gasteiger partial charge < -0.3 is 20.5 Å². The minimum Gasteiger partial charge on any atom is -0.497 e. The van der Waals surface area contributed by atoms with Gasteiger partial charge in [-0.25, -0.2) is 9.37 Å². The van der Waals surface area contributed by atoms with Crippen LogP contribution in [0, 0.1) is 5.82 Å². The van der Waals surface area contributed by atoms with Crippen LogP contribution in [0.3, 0.4) is 0 Å². The van der Waals surface area contributed by atoms with Crippen LogP contribution < -0.4 is 20.5 Å². The largest absolute Gasteiger partial charge is 0.497 e. The van der Waals surface area contributed by atoms with Gasteiger partial charge in [0.1, 0.15) is 28.3 Å². The van der Waals surface area contributed by atoms with Crippen molar-refractivity contribution in [2.24, 2.45) is 0 Å². The molecule has 1 heterocycles. The maximum Gasteiger partial charge on any atom is 0.223 e. The van der Waals surface area contributed by atoms with E-state index in [2.05, 4.69) is 15.3 Å². The SMILES string of the molecule is COc1cccc(C(Nc2cc(Cl)nc(N)n2)c2cc(F)ccc2OC)c1. The molecule has 3 aromatic rings. The Bertz CT molecular complexity index is 934. The molecule has 3 rings (SSSR count). The first-order valence-corrected chi connectivity index (χ1v) is 8.42. The predicted molar refractivity (Wildman–Crippen MR) is 103 cm³/mol. The van der Waals surface area contributed by atoms with E-state index in [1.54, 1.807) is 13.2 Å². The van der Waals surface area contributed by atoms with Crippen molar-refractivity contribution >= 4 is 23.4 Å². The lowest BCUT2D eigenvalue weighted by atomic mass is 9.97. The summed E-state index contributed by atoms with van der Waals surface area (Å²) < 4.78 is 24.7. The maximum absolute atomic E-state index is 14.0. The zero-order chi connectivity index (χ0) is 19.4. The normalized spacial score (nSPS) is 11.7. The number of nitrogen functional groups attached to an aromatic ring is 1. The highest BCUT2D eigenvalue weighted by Crippen LogP contribution is 2.34. The van der Waals surface area contributed by atoms with Gasteiger partial charge in [0, 0.05) is 11.6 Å². The highest BCUT2D eigenvalue weighted by Gasteiger charge is 2.21. The van der Waals surface area contributed by atoms with E-state index in [-0.39, 0.29) is 16.9 Å². The van der Waals surface area contributed by atoms with E-state index >= 15 is 0 Å². The molecule has 140 valence electrons. The number of methoxy groups -OCH3 is 2. The first-order valence-electron chi connectivity index (χ1n) is 8.04. The molecule has 0 amide bonds. The van der Waals surface area contributed by atoms with Crippen LogP contribution in [0.5, 0.6) is 11.5 Å². The Hall–Kier alpha value is -3.06. The molecular formula is C19H18ClFN4O2. The smallest absolute Gasteiger partial charge is 0.223 e. The third-order valence-corrected chi connectivity index (χ3v) is 4.13. The van der Waals surface area contributed by atoms with Crippen molar-refractivity contribution in [2.45, 2.75) is 6.04 Å². The Kier molecular flexibility index (Phi) is 5.61. The molecule has 1 atom stereocenters. The molecule has 0 radical (unpaired) electrons. The van der Waals surface area contributed by atoms with Crippen molar-refractivity contribution in [3.8, 4) is 11.5 Å². The molecule has 6 nitrogen and oxygen atoms in total. The summed E-state index contributed by atoms with van der Waals surface area (Å²) in [5.74, 6) is 1.22. The van der Waals surface area contributed by atoms with Crippen LogP contribution in [-0.4, -0.2) is 24.2 Å². The van der Waals surface area contributed by atoms with Crippen molar-refractivity contribution in [3.63, 3.8) is 0 Å². The molecule has 1 unspecified atom stereocenters. The topological polar surface area (TPSA) is 82.3 Å². The quantitative estimate of drug-likeness (QED) is 0.619. The average molecular weight is 389 g/mol. The van der Waals surface area contributed by atoms with E-state index in [4.69, 9.17) is 26.8 Å². The number of ether oxygens (including phenoxy) is 2. The summed E-state index contributed by atoms with van der Waals surface area (Å²) in [6.07, 6.45) is 0. The third-order valence-electron chi connectivity index (χ3n) is 3.93. The van der Waals surface area contributed by atoms with Crippen LogP contribution in [0.25, 0.3) is 0 Å². The van der Waals surface area contributed by atoms with Gasteiger partial charge in [-0.2, -0.15) is 4.98 Å². The lowest BCUT2D eigenvalue weighted by Gasteiger charge is -2.23. The number of rotatable bonds is 6. The van der Waals surface area contributed by atoms with Gasteiger partial charge in [0.2, 0.25) is 5.95 Å². The molecule has 3 N–H and O–H groups in total. The summed E-state index contributed by atoms with van der Waals surface area (Å²) in [4.78, 5) is 8.00. The number of halogens is 2. The number of nitrogens with one attached hydrogen (secondary N) is 1. The third kappa shape index (κ3) is 4.38. The zero-order valence-corrected chi connectivity index (χ0v) is 15.5. The fourth-order valence-electron chi connectivity index (χ4n) is 2.75. The summed E-state index contributed by atoms with van der Waals surface area (Å²) in [6, 6.07) is 12.7. The molecular weight excluding hydrogens is 371 g/mol. The highest BCUT2D eigenvalue weighted by molar-refractivity contribution is 6.29. The number of hydrogen-bond acceptors (Lipinski definition) is 6. The van der Waals surface area contributed by atoms with Crippen LogP contribution in [-0.2, 0) is 0 Å². The second-order valence-corrected chi connectivity index (χ2v) is 6.06. The minimum atomic E-state index is -0.504. The van der Waals surface area contributed by atoms with E-state index in [1.165, 1.54) is 25.3 Å². The lowest BCUT2D eigenvalue weighted by Crippen LogP contribution is -2.15.